The Kier molecular flexibility index (Phi) is 5.86. The Bertz CT molecular complexity index is 668. The molecule has 3 heterocycles. The molecule has 0 saturated carbocycles. The first-order valence-electron chi connectivity index (χ1n) is 9.44. The van der Waals surface area contributed by atoms with Crippen molar-refractivity contribution in [2.75, 3.05) is 44.6 Å². The lowest BCUT2D eigenvalue weighted by atomic mass is 9.96. The average molecular weight is 345 g/mol. The number of fused-ring (bicyclic) bond motifs is 1. The second-order valence-corrected chi connectivity index (χ2v) is 7.84. The minimum absolute atomic E-state index is 0.0744. The summed E-state index contributed by atoms with van der Waals surface area (Å²) in [6.45, 7) is 13.2. The van der Waals surface area contributed by atoms with E-state index < -0.39 is 0 Å². The molecule has 2 N–H and O–H groups in total. The number of rotatable bonds is 7. The molecule has 7 nitrogen and oxygen atoms in total. The molecule has 2 aromatic heterocycles. The molecular formula is C18H31N7. The molecule has 0 unspecified atom stereocenters. The van der Waals surface area contributed by atoms with Crippen LogP contribution in [0.4, 0.5) is 5.82 Å². The Morgan fingerprint density at radius 2 is 1.88 bits per heavy atom. The van der Waals surface area contributed by atoms with Crippen LogP contribution in [0.15, 0.2) is 12.1 Å². The van der Waals surface area contributed by atoms with Crippen LogP contribution in [0.5, 0.6) is 0 Å². The Hall–Kier alpha value is -1.73. The lowest BCUT2D eigenvalue weighted by molar-refractivity contribution is 0.236. The zero-order chi connectivity index (χ0) is 17.7. The van der Waals surface area contributed by atoms with Crippen LogP contribution in [-0.4, -0.2) is 64.0 Å². The monoisotopic (exact) mass is 345 g/mol. The van der Waals surface area contributed by atoms with Crippen molar-refractivity contribution in [1.82, 2.24) is 30.0 Å². The molecule has 0 radical (unpaired) electrons. The predicted octanol–water partition coefficient (Wildman–Crippen LogP) is 1.91. The molecule has 7 heteroatoms. The Morgan fingerprint density at radius 3 is 2.64 bits per heavy atom. The van der Waals surface area contributed by atoms with Gasteiger partial charge in [-0.3, -0.25) is 0 Å². The number of aromatic nitrogens is 4. The van der Waals surface area contributed by atoms with Crippen LogP contribution in [0.2, 0.25) is 0 Å². The van der Waals surface area contributed by atoms with Crippen molar-refractivity contribution >= 4 is 11.5 Å². The molecule has 25 heavy (non-hydrogen) atoms. The molecule has 0 amide bonds. The van der Waals surface area contributed by atoms with Crippen molar-refractivity contribution in [3.63, 3.8) is 0 Å². The van der Waals surface area contributed by atoms with Gasteiger partial charge in [-0.15, -0.1) is 15.3 Å². The average Bonchev–Trinajstić information content (AvgIpc) is 3.02. The number of unbranched alkanes of at least 4 members (excludes halogenated alkanes) is 2. The Morgan fingerprint density at radius 1 is 1.08 bits per heavy atom. The first kappa shape index (κ1) is 18.1. The summed E-state index contributed by atoms with van der Waals surface area (Å²) in [5.41, 5.74) is 0.723. The van der Waals surface area contributed by atoms with E-state index in [0.717, 1.165) is 36.9 Å². The van der Waals surface area contributed by atoms with Gasteiger partial charge in [-0.05, 0) is 31.5 Å². The highest BCUT2D eigenvalue weighted by Crippen LogP contribution is 2.20. The third-order valence-corrected chi connectivity index (χ3v) is 4.60. The Labute approximate surface area is 150 Å². The quantitative estimate of drug-likeness (QED) is 0.747. The van der Waals surface area contributed by atoms with Gasteiger partial charge in [0.15, 0.2) is 11.5 Å². The number of piperazine rings is 1. The summed E-state index contributed by atoms with van der Waals surface area (Å²) in [5.74, 6) is 1.78. The van der Waals surface area contributed by atoms with Gasteiger partial charge in [-0.2, -0.15) is 4.52 Å². The van der Waals surface area contributed by atoms with Gasteiger partial charge < -0.3 is 15.5 Å². The van der Waals surface area contributed by atoms with E-state index in [-0.39, 0.29) is 5.41 Å². The number of nitrogens with one attached hydrogen (secondary N) is 2. The first-order chi connectivity index (χ1) is 12.0. The zero-order valence-corrected chi connectivity index (χ0v) is 15.8. The predicted molar refractivity (Wildman–Crippen MR) is 101 cm³/mol. The lowest BCUT2D eigenvalue weighted by Gasteiger charge is -2.27. The van der Waals surface area contributed by atoms with Crippen LogP contribution in [0.3, 0.4) is 0 Å². The summed E-state index contributed by atoms with van der Waals surface area (Å²) >= 11 is 0. The SMILES string of the molecule is CC(C)(C)c1nnc2ccc(NCCCCCN3CCNCC3)nn12. The maximum Gasteiger partial charge on any atom is 0.178 e. The Balaban J connectivity index is 1.43. The van der Waals surface area contributed by atoms with E-state index in [0.29, 0.717) is 0 Å². The molecule has 0 aliphatic carbocycles. The third-order valence-electron chi connectivity index (χ3n) is 4.60. The highest BCUT2D eigenvalue weighted by Gasteiger charge is 2.21. The zero-order valence-electron chi connectivity index (χ0n) is 15.8. The smallest absolute Gasteiger partial charge is 0.178 e. The van der Waals surface area contributed by atoms with E-state index >= 15 is 0 Å². The summed E-state index contributed by atoms with van der Waals surface area (Å²) in [6, 6.07) is 3.96. The van der Waals surface area contributed by atoms with E-state index in [1.165, 1.54) is 38.9 Å². The van der Waals surface area contributed by atoms with Gasteiger partial charge >= 0.3 is 0 Å². The topological polar surface area (TPSA) is 70.4 Å². The summed E-state index contributed by atoms with van der Waals surface area (Å²) in [6.07, 6.45) is 3.69. The van der Waals surface area contributed by atoms with E-state index in [1.807, 2.05) is 16.6 Å². The minimum atomic E-state index is -0.0744. The number of hydrogen-bond donors (Lipinski definition) is 2. The number of anilines is 1. The summed E-state index contributed by atoms with van der Waals surface area (Å²) in [7, 11) is 0. The third kappa shape index (κ3) is 4.89. The molecule has 0 spiro atoms. The standard InChI is InChI=1S/C18H31N7/c1-18(2,3)17-22-21-16-8-7-15(23-25(16)17)20-9-5-4-6-12-24-13-10-19-11-14-24/h7-8,19H,4-6,9-14H2,1-3H3,(H,20,23). The fourth-order valence-corrected chi connectivity index (χ4v) is 3.14. The maximum absolute atomic E-state index is 4.66. The molecule has 3 rings (SSSR count). The van der Waals surface area contributed by atoms with Gasteiger partial charge in [0, 0.05) is 38.1 Å². The van der Waals surface area contributed by atoms with Crippen LogP contribution in [0.25, 0.3) is 5.65 Å². The maximum atomic E-state index is 4.66. The minimum Gasteiger partial charge on any atom is -0.369 e. The van der Waals surface area contributed by atoms with E-state index in [2.05, 4.69) is 51.6 Å². The molecule has 1 saturated heterocycles. The van der Waals surface area contributed by atoms with Crippen LogP contribution in [-0.2, 0) is 5.41 Å². The van der Waals surface area contributed by atoms with Gasteiger partial charge in [-0.1, -0.05) is 27.2 Å². The molecule has 0 atom stereocenters. The van der Waals surface area contributed by atoms with Crippen molar-refractivity contribution < 1.29 is 0 Å². The van der Waals surface area contributed by atoms with Crippen molar-refractivity contribution in [2.24, 2.45) is 0 Å². The van der Waals surface area contributed by atoms with Gasteiger partial charge in [0.25, 0.3) is 0 Å². The molecule has 1 fully saturated rings. The van der Waals surface area contributed by atoms with Crippen molar-refractivity contribution in [2.45, 2.75) is 45.4 Å². The molecule has 2 aromatic rings. The highest BCUT2D eigenvalue weighted by molar-refractivity contribution is 5.44. The lowest BCUT2D eigenvalue weighted by Crippen LogP contribution is -2.43. The molecule has 0 aromatic carbocycles. The van der Waals surface area contributed by atoms with E-state index in [1.54, 1.807) is 0 Å². The molecule has 1 aliphatic rings. The second-order valence-electron chi connectivity index (χ2n) is 7.84. The molecule has 0 bridgehead atoms. The van der Waals surface area contributed by atoms with Crippen LogP contribution >= 0.6 is 0 Å². The van der Waals surface area contributed by atoms with E-state index in [9.17, 15) is 0 Å². The first-order valence-corrected chi connectivity index (χ1v) is 9.44. The van der Waals surface area contributed by atoms with Crippen molar-refractivity contribution in [3.8, 4) is 0 Å². The van der Waals surface area contributed by atoms with Gasteiger partial charge in [-0.25, -0.2) is 0 Å². The van der Waals surface area contributed by atoms with E-state index in [4.69, 9.17) is 0 Å². The fraction of sp³-hybridized carbons (Fsp3) is 0.722. The van der Waals surface area contributed by atoms with Gasteiger partial charge in [0.05, 0.1) is 0 Å². The van der Waals surface area contributed by atoms with Gasteiger partial charge in [0.2, 0.25) is 0 Å². The van der Waals surface area contributed by atoms with Crippen LogP contribution in [0.1, 0.15) is 45.9 Å². The summed E-state index contributed by atoms with van der Waals surface area (Å²) < 4.78 is 1.85. The van der Waals surface area contributed by atoms with Crippen LogP contribution in [0, 0.1) is 0 Å². The van der Waals surface area contributed by atoms with Crippen LogP contribution < -0.4 is 10.6 Å². The van der Waals surface area contributed by atoms with Crippen molar-refractivity contribution in [1.29, 1.82) is 0 Å². The molecule has 138 valence electrons. The highest BCUT2D eigenvalue weighted by atomic mass is 15.4. The molecular weight excluding hydrogens is 314 g/mol. The normalized spacial score (nSPS) is 16.4. The summed E-state index contributed by atoms with van der Waals surface area (Å²) in [4.78, 5) is 2.56. The summed E-state index contributed by atoms with van der Waals surface area (Å²) in [5, 5.41) is 20.0. The molecule has 1 aliphatic heterocycles. The number of nitrogens with zero attached hydrogens (tertiary/aromatic N) is 5. The van der Waals surface area contributed by atoms with Crippen molar-refractivity contribution in [3.05, 3.63) is 18.0 Å². The van der Waals surface area contributed by atoms with Gasteiger partial charge in [0.1, 0.15) is 5.82 Å². The second kappa shape index (κ2) is 8.10. The largest absolute Gasteiger partial charge is 0.369 e. The number of hydrogen-bond acceptors (Lipinski definition) is 6. The fourth-order valence-electron chi connectivity index (χ4n) is 3.14.